The molecule has 2 atom stereocenters. The van der Waals surface area contributed by atoms with Crippen molar-refractivity contribution in [2.45, 2.75) is 35.8 Å². The first-order chi connectivity index (χ1) is 14.5. The maximum atomic E-state index is 12.7. The lowest BCUT2D eigenvalue weighted by Crippen LogP contribution is -2.36. The van der Waals surface area contributed by atoms with Crippen LogP contribution in [0.3, 0.4) is 0 Å². The van der Waals surface area contributed by atoms with Crippen molar-refractivity contribution in [1.82, 2.24) is 4.98 Å². The predicted molar refractivity (Wildman–Crippen MR) is 122 cm³/mol. The zero-order chi connectivity index (χ0) is 21.1. The molecule has 1 saturated carbocycles. The number of carbonyl (C=O) groups is 2. The molecule has 5 nitrogen and oxygen atoms in total. The van der Waals surface area contributed by atoms with Crippen molar-refractivity contribution in [3.63, 3.8) is 0 Å². The highest BCUT2D eigenvalue weighted by Gasteiger charge is 2.35. The molecule has 3 aromatic rings. The van der Waals surface area contributed by atoms with Gasteiger partial charge in [-0.3, -0.25) is 9.59 Å². The number of carboxylic acid groups (broad SMARTS) is 1. The number of halogens is 1. The van der Waals surface area contributed by atoms with Gasteiger partial charge in [-0.05, 0) is 42.7 Å². The number of nitrogens with one attached hydrogen (secondary N) is 1. The van der Waals surface area contributed by atoms with Gasteiger partial charge < -0.3 is 10.4 Å². The maximum absolute atomic E-state index is 12.7. The summed E-state index contributed by atoms with van der Waals surface area (Å²) in [5.74, 6) is -1.43. The van der Waals surface area contributed by atoms with E-state index in [2.05, 4.69) is 10.3 Å². The number of benzene rings is 2. The van der Waals surface area contributed by atoms with Crippen LogP contribution in [0.25, 0.3) is 10.2 Å². The van der Waals surface area contributed by atoms with Crippen LogP contribution >= 0.6 is 34.7 Å². The summed E-state index contributed by atoms with van der Waals surface area (Å²) in [5.41, 5.74) is 2.62. The third kappa shape index (κ3) is 4.79. The molecular weight excluding hydrogens is 440 g/mol. The van der Waals surface area contributed by atoms with E-state index in [0.717, 1.165) is 43.7 Å². The Balaban J connectivity index is 1.45. The molecule has 1 aliphatic carbocycles. The standard InChI is InChI=1S/C22H21ClN2O3S2/c23-17-8-4-1-5-13(17)12-29-22-25-18-10-9-14(11-19(18)30-22)24-20(26)15-6-2-3-7-16(15)21(27)28/h1,4-5,8-11,15-16H,2-3,6-7,12H2,(H,24,26)(H,27,28)/t15-,16+/m0/s1. The lowest BCUT2D eigenvalue weighted by Gasteiger charge is -2.27. The van der Waals surface area contributed by atoms with E-state index in [1.54, 1.807) is 23.1 Å². The molecule has 156 valence electrons. The lowest BCUT2D eigenvalue weighted by molar-refractivity contribution is -0.147. The molecule has 0 unspecified atom stereocenters. The molecule has 0 saturated heterocycles. The topological polar surface area (TPSA) is 79.3 Å². The fourth-order valence-corrected chi connectivity index (χ4v) is 6.17. The van der Waals surface area contributed by atoms with E-state index < -0.39 is 17.8 Å². The molecule has 0 radical (unpaired) electrons. The van der Waals surface area contributed by atoms with E-state index >= 15 is 0 Å². The van der Waals surface area contributed by atoms with Gasteiger partial charge in [0.25, 0.3) is 0 Å². The number of anilines is 1. The molecule has 2 aromatic carbocycles. The Bertz CT molecular complexity index is 1090. The Morgan fingerprint density at radius 3 is 2.70 bits per heavy atom. The van der Waals surface area contributed by atoms with Crippen LogP contribution in [0.5, 0.6) is 0 Å². The molecule has 0 aliphatic heterocycles. The average Bonchev–Trinajstić information content (AvgIpc) is 3.15. The summed E-state index contributed by atoms with van der Waals surface area (Å²) in [5, 5.41) is 13.1. The van der Waals surface area contributed by atoms with Crippen LogP contribution in [0.15, 0.2) is 46.8 Å². The van der Waals surface area contributed by atoms with Gasteiger partial charge in [0, 0.05) is 16.5 Å². The second-order valence-corrected chi connectivity index (χ2v) is 10.0. The van der Waals surface area contributed by atoms with E-state index in [1.165, 1.54) is 0 Å². The average molecular weight is 461 g/mol. The lowest BCUT2D eigenvalue weighted by atomic mass is 9.78. The molecule has 8 heteroatoms. The quantitative estimate of drug-likeness (QED) is 0.436. The first kappa shape index (κ1) is 21.2. The van der Waals surface area contributed by atoms with E-state index in [9.17, 15) is 14.7 Å². The molecule has 1 fully saturated rings. The summed E-state index contributed by atoms with van der Waals surface area (Å²) in [7, 11) is 0. The van der Waals surface area contributed by atoms with Crippen LogP contribution in [0.2, 0.25) is 5.02 Å². The third-order valence-corrected chi connectivity index (χ3v) is 7.94. The predicted octanol–water partition coefficient (Wildman–Crippen LogP) is 6.07. The van der Waals surface area contributed by atoms with Gasteiger partial charge in [-0.1, -0.05) is 54.4 Å². The molecule has 1 aliphatic rings. The first-order valence-corrected chi connectivity index (χ1v) is 12.0. The number of hydrogen-bond donors (Lipinski definition) is 2. The smallest absolute Gasteiger partial charge is 0.307 e. The van der Waals surface area contributed by atoms with Crippen molar-refractivity contribution in [2.75, 3.05) is 5.32 Å². The molecule has 0 bridgehead atoms. The number of nitrogens with zero attached hydrogens (tertiary/aromatic N) is 1. The molecule has 30 heavy (non-hydrogen) atoms. The number of carbonyl (C=O) groups excluding carboxylic acids is 1. The van der Waals surface area contributed by atoms with Crippen molar-refractivity contribution in [2.24, 2.45) is 11.8 Å². The highest BCUT2D eigenvalue weighted by atomic mass is 35.5. The minimum atomic E-state index is -0.882. The number of carboxylic acids is 1. The van der Waals surface area contributed by atoms with Crippen LogP contribution < -0.4 is 5.32 Å². The summed E-state index contributed by atoms with van der Waals surface area (Å²) in [6.45, 7) is 0. The van der Waals surface area contributed by atoms with Crippen molar-refractivity contribution in [3.8, 4) is 0 Å². The number of thioether (sulfide) groups is 1. The zero-order valence-electron chi connectivity index (χ0n) is 16.1. The summed E-state index contributed by atoms with van der Waals surface area (Å²) in [6, 6.07) is 13.4. The summed E-state index contributed by atoms with van der Waals surface area (Å²) in [4.78, 5) is 28.8. The van der Waals surface area contributed by atoms with Crippen molar-refractivity contribution in [1.29, 1.82) is 0 Å². The fourth-order valence-electron chi connectivity index (χ4n) is 3.77. The minimum Gasteiger partial charge on any atom is -0.481 e. The molecule has 1 aromatic heterocycles. The molecule has 4 rings (SSSR count). The van der Waals surface area contributed by atoms with Gasteiger partial charge in [0.15, 0.2) is 4.34 Å². The molecular formula is C22H21ClN2O3S2. The highest BCUT2D eigenvalue weighted by molar-refractivity contribution is 8.00. The van der Waals surface area contributed by atoms with E-state index in [-0.39, 0.29) is 5.91 Å². The Kier molecular flexibility index (Phi) is 6.61. The van der Waals surface area contributed by atoms with Crippen LogP contribution in [-0.2, 0) is 15.3 Å². The van der Waals surface area contributed by atoms with Crippen molar-refractivity contribution in [3.05, 3.63) is 53.1 Å². The molecule has 1 amide bonds. The Morgan fingerprint density at radius 1 is 1.17 bits per heavy atom. The van der Waals surface area contributed by atoms with Gasteiger partial charge in [-0.2, -0.15) is 0 Å². The number of aromatic nitrogens is 1. The number of fused-ring (bicyclic) bond motifs is 1. The second kappa shape index (κ2) is 9.37. The second-order valence-electron chi connectivity index (χ2n) is 7.37. The van der Waals surface area contributed by atoms with Crippen LogP contribution in [0, 0.1) is 11.8 Å². The van der Waals surface area contributed by atoms with E-state index in [1.807, 2.05) is 42.5 Å². The number of aliphatic carboxylic acids is 1. The fraction of sp³-hybridized carbons (Fsp3) is 0.318. The SMILES string of the molecule is O=C(Nc1ccc2nc(SCc3ccccc3Cl)sc2c1)[C@H]1CCCC[C@H]1C(=O)O. The third-order valence-electron chi connectivity index (χ3n) is 5.37. The number of hydrogen-bond acceptors (Lipinski definition) is 5. The normalized spacial score (nSPS) is 19.0. The molecule has 0 spiro atoms. The van der Waals surface area contributed by atoms with Crippen LogP contribution in [0.1, 0.15) is 31.2 Å². The van der Waals surface area contributed by atoms with E-state index in [0.29, 0.717) is 18.5 Å². The van der Waals surface area contributed by atoms with Crippen LogP contribution in [-0.4, -0.2) is 22.0 Å². The van der Waals surface area contributed by atoms with Crippen LogP contribution in [0.4, 0.5) is 5.69 Å². The molecule has 1 heterocycles. The van der Waals surface area contributed by atoms with Gasteiger partial charge in [0.1, 0.15) is 0 Å². The monoisotopic (exact) mass is 460 g/mol. The maximum Gasteiger partial charge on any atom is 0.307 e. The zero-order valence-corrected chi connectivity index (χ0v) is 18.5. The summed E-state index contributed by atoms with van der Waals surface area (Å²) < 4.78 is 1.92. The first-order valence-electron chi connectivity index (χ1n) is 9.82. The summed E-state index contributed by atoms with van der Waals surface area (Å²) >= 11 is 9.42. The minimum absolute atomic E-state index is 0.209. The number of thiazole rings is 1. The van der Waals surface area contributed by atoms with Gasteiger partial charge in [0.05, 0.1) is 22.1 Å². The van der Waals surface area contributed by atoms with E-state index in [4.69, 9.17) is 11.6 Å². The summed E-state index contributed by atoms with van der Waals surface area (Å²) in [6.07, 6.45) is 2.94. The van der Waals surface area contributed by atoms with Gasteiger partial charge in [0.2, 0.25) is 5.91 Å². The van der Waals surface area contributed by atoms with Gasteiger partial charge in [-0.15, -0.1) is 11.3 Å². The highest BCUT2D eigenvalue weighted by Crippen LogP contribution is 2.35. The Morgan fingerprint density at radius 2 is 1.93 bits per heavy atom. The van der Waals surface area contributed by atoms with Crippen molar-refractivity contribution >= 4 is 62.5 Å². The Hall–Kier alpha value is -2.09. The van der Waals surface area contributed by atoms with Gasteiger partial charge >= 0.3 is 5.97 Å². The largest absolute Gasteiger partial charge is 0.481 e. The van der Waals surface area contributed by atoms with Crippen molar-refractivity contribution < 1.29 is 14.7 Å². The number of amides is 1. The molecule has 2 N–H and O–H groups in total. The van der Waals surface area contributed by atoms with Gasteiger partial charge in [-0.25, -0.2) is 4.98 Å². The number of rotatable bonds is 6. The Labute approximate surface area is 187 Å².